The first kappa shape index (κ1) is 8.91. The number of rotatable bonds is 3. The highest BCUT2D eigenvalue weighted by molar-refractivity contribution is 6.24. The lowest BCUT2D eigenvalue weighted by molar-refractivity contribution is 1.64. The minimum atomic E-state index is -0.988. The lowest BCUT2D eigenvalue weighted by atomic mass is 9.83. The maximum atomic E-state index is 9.62. The standard InChI is InChI=1S/C40H26/c1-2-13-28(14-3-1)31-24-25-38(33-17-7-6-16-32(31)33)40-36-20-10-8-18-34(36)39(35-19-9-11-21-37(35)40)30-23-22-27-12-4-5-15-29(27)26-30/h1-26H/i1D,2D,3D,4D,5D,6D,7D,8D,9D,10D,11D,12D,13D,14D,15D,16D,17D,18D,19D,20D,22D,23D,24D,25D,26D. The van der Waals surface area contributed by atoms with Crippen LogP contribution in [0.15, 0.2) is 157 Å². The van der Waals surface area contributed by atoms with Crippen LogP contribution < -0.4 is 0 Å². The van der Waals surface area contributed by atoms with Crippen LogP contribution in [0.3, 0.4) is 0 Å². The quantitative estimate of drug-likeness (QED) is 0.199. The summed E-state index contributed by atoms with van der Waals surface area (Å²) in [5.74, 6) is 0. The lowest BCUT2D eigenvalue weighted by Crippen LogP contribution is -1.92. The second-order valence-corrected chi connectivity index (χ2v) is 8.58. The predicted molar refractivity (Wildman–Crippen MR) is 173 cm³/mol. The van der Waals surface area contributed by atoms with E-state index in [0.29, 0.717) is 0 Å². The first-order valence-corrected chi connectivity index (χ1v) is 11.8. The molecule has 0 spiro atoms. The molecule has 8 aromatic carbocycles. The molecular weight excluding hydrogens is 480 g/mol. The second-order valence-electron chi connectivity index (χ2n) is 8.58. The van der Waals surface area contributed by atoms with E-state index in [2.05, 4.69) is 0 Å². The molecule has 0 heterocycles. The third-order valence-electron chi connectivity index (χ3n) is 6.45. The first-order chi connectivity index (χ1) is 30.3. The van der Waals surface area contributed by atoms with Crippen molar-refractivity contribution in [3.8, 4) is 33.4 Å². The molecule has 0 N–H and O–H groups in total. The van der Waals surface area contributed by atoms with Crippen LogP contribution in [0.2, 0.25) is 0 Å². The van der Waals surface area contributed by atoms with E-state index in [4.69, 9.17) is 23.3 Å². The Balaban J connectivity index is 1.77. The molecule has 0 unspecified atom stereocenters. The van der Waals surface area contributed by atoms with E-state index in [1.165, 1.54) is 0 Å². The molecule has 0 amide bonds. The zero-order chi connectivity index (χ0) is 48.2. The molecule has 40 heavy (non-hydrogen) atoms. The van der Waals surface area contributed by atoms with E-state index in [1.807, 2.05) is 0 Å². The van der Waals surface area contributed by atoms with Gasteiger partial charge < -0.3 is 0 Å². The van der Waals surface area contributed by atoms with Gasteiger partial charge in [-0.15, -0.1) is 0 Å². The van der Waals surface area contributed by atoms with Crippen LogP contribution >= 0.6 is 0 Å². The van der Waals surface area contributed by atoms with E-state index in [1.54, 1.807) is 0 Å². The fourth-order valence-electron chi connectivity index (χ4n) is 4.79. The van der Waals surface area contributed by atoms with Crippen LogP contribution in [0.4, 0.5) is 0 Å². The fourth-order valence-corrected chi connectivity index (χ4v) is 4.79. The number of benzene rings is 8. The van der Waals surface area contributed by atoms with Crippen molar-refractivity contribution in [2.24, 2.45) is 0 Å². The zero-order valence-electron chi connectivity index (χ0n) is 45.1. The van der Waals surface area contributed by atoms with Crippen LogP contribution in [0, 0.1) is 0 Å². The smallest absolute Gasteiger partial charge is 0.0622 e. The third-order valence-corrected chi connectivity index (χ3v) is 6.45. The predicted octanol–water partition coefficient (Wildman–Crippen LogP) is 11.3. The van der Waals surface area contributed by atoms with Crippen molar-refractivity contribution in [1.29, 1.82) is 0 Å². The highest BCUT2D eigenvalue weighted by atomic mass is 14.2. The van der Waals surface area contributed by atoms with E-state index in [0.717, 1.165) is 6.07 Å². The van der Waals surface area contributed by atoms with Gasteiger partial charge in [0.2, 0.25) is 0 Å². The van der Waals surface area contributed by atoms with Gasteiger partial charge in [-0.3, -0.25) is 0 Å². The molecule has 0 bridgehead atoms. The Hall–Kier alpha value is -5.20. The maximum absolute atomic E-state index is 9.62. The summed E-state index contributed by atoms with van der Waals surface area (Å²) in [6, 6.07) is -21.0. The van der Waals surface area contributed by atoms with Gasteiger partial charge in [0.15, 0.2) is 0 Å². The van der Waals surface area contributed by atoms with Crippen molar-refractivity contribution in [2.75, 3.05) is 0 Å². The average Bonchev–Trinajstić information content (AvgIpc) is 3.27. The van der Waals surface area contributed by atoms with Crippen LogP contribution in [0.1, 0.15) is 34.3 Å². The molecule has 8 rings (SSSR count). The maximum Gasteiger partial charge on any atom is 0.0636 e. The largest absolute Gasteiger partial charge is 0.0636 e. The third kappa shape index (κ3) is 3.54. The van der Waals surface area contributed by atoms with Crippen molar-refractivity contribution >= 4 is 43.1 Å². The van der Waals surface area contributed by atoms with E-state index >= 15 is 0 Å². The van der Waals surface area contributed by atoms with Crippen molar-refractivity contribution in [3.63, 3.8) is 0 Å². The molecule has 0 aliphatic rings. The molecule has 0 aliphatic heterocycles. The molecule has 0 atom stereocenters. The fraction of sp³-hybridized carbons (Fsp3) is 0. The Labute approximate surface area is 268 Å². The zero-order valence-corrected chi connectivity index (χ0v) is 20.1. The second kappa shape index (κ2) is 9.22. The molecule has 0 saturated heterocycles. The summed E-state index contributed by atoms with van der Waals surface area (Å²) in [6.07, 6.45) is 0. The van der Waals surface area contributed by atoms with Crippen molar-refractivity contribution in [3.05, 3.63) is 157 Å². The van der Waals surface area contributed by atoms with Gasteiger partial charge in [-0.25, -0.2) is 0 Å². The van der Waals surface area contributed by atoms with E-state index in [-0.39, 0.29) is 0 Å². The normalized spacial score (nSPS) is 20.2. The minimum Gasteiger partial charge on any atom is -0.0622 e. The summed E-state index contributed by atoms with van der Waals surface area (Å²) in [5, 5.41) is -4.74. The van der Waals surface area contributed by atoms with Crippen molar-refractivity contribution in [1.82, 2.24) is 0 Å². The molecule has 0 aliphatic carbocycles. The number of fused-ring (bicyclic) bond motifs is 4. The molecule has 0 aromatic heterocycles. The number of hydrogen-bond donors (Lipinski definition) is 0. The SMILES string of the molecule is [2H]c1cc2c(-c3c([2H])c([2H])c(-c4c([2H])c([2H])c([2H])c([2H])c4[2H])c4c([2H])c([2H])c([2H])c([2H])c34)c3c([2H])c([2H])c([2H])c([2H])c3c(-c3c([2H])c([2H])c4c([2H])c([2H])c([2H])c([2H])c4c3[2H])c2c([2H])c1[2H]. The van der Waals surface area contributed by atoms with Crippen molar-refractivity contribution < 1.29 is 34.3 Å². The van der Waals surface area contributed by atoms with Crippen LogP contribution in [-0.2, 0) is 0 Å². The van der Waals surface area contributed by atoms with Gasteiger partial charge in [0.25, 0.3) is 0 Å². The highest BCUT2D eigenvalue weighted by Crippen LogP contribution is 2.46. The summed E-state index contributed by atoms with van der Waals surface area (Å²) in [7, 11) is 0. The molecule has 0 heteroatoms. The summed E-state index contributed by atoms with van der Waals surface area (Å²) in [6.45, 7) is 0. The van der Waals surface area contributed by atoms with Gasteiger partial charge in [-0.05, 0) is 82.5 Å². The molecule has 186 valence electrons. The minimum absolute atomic E-state index is 0.457. The van der Waals surface area contributed by atoms with Gasteiger partial charge in [-0.1, -0.05) is 151 Å². The molecule has 0 saturated carbocycles. The molecule has 0 radical (unpaired) electrons. The molecule has 8 aromatic rings. The number of hydrogen-bond acceptors (Lipinski definition) is 0. The van der Waals surface area contributed by atoms with Crippen LogP contribution in [0.25, 0.3) is 76.5 Å². The summed E-state index contributed by atoms with van der Waals surface area (Å²) >= 11 is 0. The monoisotopic (exact) mass is 531 g/mol. The van der Waals surface area contributed by atoms with Crippen LogP contribution in [-0.4, -0.2) is 0 Å². The van der Waals surface area contributed by atoms with Gasteiger partial charge in [0, 0.05) is 0 Å². The van der Waals surface area contributed by atoms with E-state index < -0.39 is 228 Å². The van der Waals surface area contributed by atoms with E-state index in [9.17, 15) is 11.0 Å². The summed E-state index contributed by atoms with van der Waals surface area (Å²) in [5.41, 5.74) is -3.94. The van der Waals surface area contributed by atoms with Gasteiger partial charge >= 0.3 is 0 Å². The Kier molecular flexibility index (Phi) is 2.05. The Bertz CT molecular complexity index is 3570. The van der Waals surface area contributed by atoms with Gasteiger partial charge in [0.05, 0.1) is 34.3 Å². The van der Waals surface area contributed by atoms with Crippen LogP contribution in [0.5, 0.6) is 0 Å². The highest BCUT2D eigenvalue weighted by Gasteiger charge is 2.18. The van der Waals surface area contributed by atoms with Crippen molar-refractivity contribution in [2.45, 2.75) is 0 Å². The Morgan fingerprint density at radius 2 is 0.875 bits per heavy atom. The summed E-state index contributed by atoms with van der Waals surface area (Å²) < 4.78 is 222. The Morgan fingerprint density at radius 3 is 1.65 bits per heavy atom. The molecular formula is C40H26. The Morgan fingerprint density at radius 1 is 0.325 bits per heavy atom. The average molecular weight is 532 g/mol. The topological polar surface area (TPSA) is 0 Å². The summed E-state index contributed by atoms with van der Waals surface area (Å²) in [4.78, 5) is 0. The lowest BCUT2D eigenvalue weighted by Gasteiger charge is -2.20. The first-order valence-electron chi connectivity index (χ1n) is 24.3. The van der Waals surface area contributed by atoms with Gasteiger partial charge in [-0.2, -0.15) is 0 Å². The van der Waals surface area contributed by atoms with Gasteiger partial charge in [0.1, 0.15) is 0 Å². The molecule has 0 fully saturated rings. The molecule has 0 nitrogen and oxygen atoms in total.